The van der Waals surface area contributed by atoms with Crippen molar-refractivity contribution in [1.29, 1.82) is 0 Å². The Morgan fingerprint density at radius 3 is 2.28 bits per heavy atom. The second-order valence-corrected chi connectivity index (χ2v) is 10.6. The van der Waals surface area contributed by atoms with Crippen LogP contribution in [0.4, 0.5) is 26.3 Å². The number of amides is 2. The third-order valence-corrected chi connectivity index (χ3v) is 7.21. The lowest BCUT2D eigenvalue weighted by molar-refractivity contribution is -0.151. The minimum Gasteiger partial charge on any atom is -0.493 e. The average molecular weight is 732 g/mol. The van der Waals surface area contributed by atoms with Crippen molar-refractivity contribution in [3.63, 3.8) is 0 Å². The quantitative estimate of drug-likeness (QED) is 0.218. The summed E-state index contributed by atoms with van der Waals surface area (Å²) < 4.78 is 92.0. The van der Waals surface area contributed by atoms with Gasteiger partial charge < -0.3 is 35.0 Å². The van der Waals surface area contributed by atoms with Crippen molar-refractivity contribution in [2.45, 2.75) is 43.6 Å². The third kappa shape index (κ3) is 8.73. The highest BCUT2D eigenvalue weighted by molar-refractivity contribution is 14.1. The smallest absolute Gasteiger partial charge is 0.416 e. The maximum Gasteiger partial charge on any atom is 0.416 e. The summed E-state index contributed by atoms with van der Waals surface area (Å²) in [6.07, 6.45) is -12.6. The van der Waals surface area contributed by atoms with E-state index in [0.717, 1.165) is 18.2 Å². The first kappa shape index (κ1) is 34.4. The van der Waals surface area contributed by atoms with E-state index in [9.17, 15) is 46.1 Å². The summed E-state index contributed by atoms with van der Waals surface area (Å²) >= 11 is 1.84. The summed E-state index contributed by atoms with van der Waals surface area (Å²) in [4.78, 5) is 26.5. The summed E-state index contributed by atoms with van der Waals surface area (Å²) in [5.74, 6) is -2.04. The van der Waals surface area contributed by atoms with Crippen LogP contribution in [0.1, 0.15) is 27.9 Å². The summed E-state index contributed by atoms with van der Waals surface area (Å²) in [5.41, 5.74) is -1.38. The monoisotopic (exact) mass is 732 g/mol. The zero-order valence-corrected chi connectivity index (χ0v) is 24.5. The molecule has 3 atom stereocenters. The number of hydrogen-bond acceptors (Lipinski definition) is 7. The Kier molecular flexibility index (Phi) is 11.3. The molecule has 3 rings (SSSR count). The predicted octanol–water partition coefficient (Wildman–Crippen LogP) is 3.43. The number of nitrogens with one attached hydrogen (secondary N) is 1. The van der Waals surface area contributed by atoms with Gasteiger partial charge in [-0.15, -0.1) is 0 Å². The molecule has 0 saturated carbocycles. The fourth-order valence-electron chi connectivity index (χ4n) is 4.39. The van der Waals surface area contributed by atoms with Crippen LogP contribution in [0, 0.1) is 3.57 Å². The van der Waals surface area contributed by atoms with Gasteiger partial charge in [-0.1, -0.05) is 0 Å². The molecule has 236 valence electrons. The fourth-order valence-corrected chi connectivity index (χ4v) is 5.19. The Hall–Kier alpha value is -3.09. The molecule has 0 aromatic heterocycles. The van der Waals surface area contributed by atoms with Gasteiger partial charge in [-0.2, -0.15) is 26.3 Å². The Balaban J connectivity index is 2.08. The van der Waals surface area contributed by atoms with Gasteiger partial charge in [-0.05, 0) is 70.6 Å². The molecule has 0 spiro atoms. The molecule has 1 aliphatic rings. The number of aliphatic hydroxyl groups is 3. The average Bonchev–Trinajstić information content (AvgIpc) is 2.95. The summed E-state index contributed by atoms with van der Waals surface area (Å²) in [6, 6.07) is 3.74. The van der Waals surface area contributed by atoms with Crippen LogP contribution in [-0.2, 0) is 17.6 Å². The zero-order valence-electron chi connectivity index (χ0n) is 22.4. The first-order valence-electron chi connectivity index (χ1n) is 12.6. The van der Waals surface area contributed by atoms with Gasteiger partial charge in [0.15, 0.2) is 11.5 Å². The normalized spacial score (nSPS) is 19.0. The fraction of sp³-hybridized carbons (Fsp3) is 0.407. The van der Waals surface area contributed by atoms with Crippen molar-refractivity contribution in [1.82, 2.24) is 10.2 Å². The Morgan fingerprint density at radius 1 is 1.09 bits per heavy atom. The number of nitrogens with zero attached hydrogens (tertiary/aromatic N) is 1. The van der Waals surface area contributed by atoms with E-state index in [2.05, 4.69) is 5.32 Å². The summed E-state index contributed by atoms with van der Waals surface area (Å²) in [7, 11) is 1.29. The third-order valence-electron chi connectivity index (χ3n) is 6.41. The number of carbonyl (C=O) groups excluding carboxylic acids is 2. The molecule has 0 saturated heterocycles. The van der Waals surface area contributed by atoms with E-state index in [1.54, 1.807) is 0 Å². The Morgan fingerprint density at radius 2 is 1.74 bits per heavy atom. The van der Waals surface area contributed by atoms with Crippen molar-refractivity contribution in [3.8, 4) is 11.5 Å². The van der Waals surface area contributed by atoms with Gasteiger partial charge >= 0.3 is 12.4 Å². The largest absolute Gasteiger partial charge is 0.493 e. The van der Waals surface area contributed by atoms with E-state index in [1.807, 2.05) is 22.6 Å². The number of hydrogen-bond donors (Lipinski definition) is 4. The molecule has 0 fully saturated rings. The van der Waals surface area contributed by atoms with Crippen molar-refractivity contribution in [2.75, 3.05) is 26.8 Å². The molecule has 4 N–H and O–H groups in total. The van der Waals surface area contributed by atoms with Crippen LogP contribution in [0.15, 0.2) is 48.0 Å². The van der Waals surface area contributed by atoms with Crippen LogP contribution in [-0.4, -0.2) is 83.3 Å². The maximum absolute atomic E-state index is 13.8. The van der Waals surface area contributed by atoms with Gasteiger partial charge in [0.2, 0.25) is 5.91 Å². The van der Waals surface area contributed by atoms with Crippen molar-refractivity contribution in [3.05, 3.63) is 68.3 Å². The highest BCUT2D eigenvalue weighted by atomic mass is 127. The highest BCUT2D eigenvalue weighted by Crippen LogP contribution is 2.38. The molecule has 0 heterocycles. The molecule has 3 unspecified atom stereocenters. The maximum atomic E-state index is 13.8. The van der Waals surface area contributed by atoms with Crippen molar-refractivity contribution < 1.29 is 60.7 Å². The van der Waals surface area contributed by atoms with Crippen LogP contribution in [0.25, 0.3) is 0 Å². The number of alkyl halides is 6. The van der Waals surface area contributed by atoms with Gasteiger partial charge in [0.1, 0.15) is 18.8 Å². The van der Waals surface area contributed by atoms with Crippen molar-refractivity contribution in [2.24, 2.45) is 0 Å². The van der Waals surface area contributed by atoms with E-state index in [1.165, 1.54) is 19.2 Å². The Labute approximate surface area is 255 Å². The summed E-state index contributed by atoms with van der Waals surface area (Å²) in [5, 5.41) is 32.2. The molecule has 0 aliphatic heterocycles. The molecule has 1 aliphatic carbocycles. The van der Waals surface area contributed by atoms with Crippen LogP contribution in [0.2, 0.25) is 0 Å². The molecule has 9 nitrogen and oxygen atoms in total. The molecule has 2 amide bonds. The van der Waals surface area contributed by atoms with Crippen LogP contribution >= 0.6 is 22.6 Å². The lowest BCUT2D eigenvalue weighted by atomic mass is 9.87. The molecule has 16 heteroatoms. The van der Waals surface area contributed by atoms with Gasteiger partial charge in [-0.25, -0.2) is 0 Å². The molecule has 43 heavy (non-hydrogen) atoms. The van der Waals surface area contributed by atoms with Crippen LogP contribution < -0.4 is 14.8 Å². The van der Waals surface area contributed by atoms with E-state index >= 15 is 0 Å². The molecular formula is C27H27F6IN2O7. The van der Waals surface area contributed by atoms with Gasteiger partial charge in [0, 0.05) is 24.1 Å². The number of ether oxygens (including phenoxy) is 2. The van der Waals surface area contributed by atoms with E-state index in [0.29, 0.717) is 21.3 Å². The lowest BCUT2D eigenvalue weighted by Gasteiger charge is -2.41. The van der Waals surface area contributed by atoms with Crippen LogP contribution in [0.3, 0.4) is 0 Å². The number of halogens is 7. The number of benzene rings is 2. The Bertz CT molecular complexity index is 1330. The van der Waals surface area contributed by atoms with Crippen molar-refractivity contribution >= 4 is 34.4 Å². The first-order valence-corrected chi connectivity index (χ1v) is 13.6. The number of aliphatic hydroxyl groups excluding tert-OH is 3. The van der Waals surface area contributed by atoms with Gasteiger partial charge in [0.25, 0.3) is 5.91 Å². The molecule has 2 aromatic rings. The highest BCUT2D eigenvalue weighted by Gasteiger charge is 2.45. The number of rotatable bonds is 10. The van der Waals surface area contributed by atoms with E-state index in [-0.39, 0.29) is 35.1 Å². The van der Waals surface area contributed by atoms with Gasteiger partial charge in [-0.3, -0.25) is 9.59 Å². The molecular weight excluding hydrogens is 705 g/mol. The number of methoxy groups -OCH3 is 1. The molecule has 0 bridgehead atoms. The molecule has 0 radical (unpaired) electrons. The SMILES string of the molecule is COc1cc(CO)cc(I)c1OC1C=C(C(=O)NCCO)CC(N(CC(F)(F)F)C(=O)c2ccc(C(F)(F)F)cc2)C1O. The lowest BCUT2D eigenvalue weighted by Crippen LogP contribution is -2.57. The van der Waals surface area contributed by atoms with E-state index < -0.39 is 73.1 Å². The van der Waals surface area contributed by atoms with Gasteiger partial charge in [0.05, 0.1) is 35.5 Å². The first-order chi connectivity index (χ1) is 20.1. The minimum atomic E-state index is -5.00. The second-order valence-electron chi connectivity index (χ2n) is 9.41. The minimum absolute atomic E-state index is 0.0211. The van der Waals surface area contributed by atoms with Crippen LogP contribution in [0.5, 0.6) is 11.5 Å². The molecule has 2 aromatic carbocycles. The predicted molar refractivity (Wildman–Crippen MR) is 147 cm³/mol. The number of carbonyl (C=O) groups is 2. The standard InChI is InChI=1S/C27H27F6IN2O7/c1-42-21-9-14(12-38)8-18(34)23(21)43-20-11-16(24(40)35-6-7-37)10-19(22(20)39)36(13-26(28,29)30)25(41)15-2-4-17(5-3-15)27(31,32)33/h2-5,8-9,11,19-20,22,37-39H,6-7,10,12-13H2,1H3,(H,35,40). The zero-order chi connectivity index (χ0) is 32.1. The topological polar surface area (TPSA) is 129 Å². The summed E-state index contributed by atoms with van der Waals surface area (Å²) in [6.45, 7) is -2.92. The second kappa shape index (κ2) is 14.1. The van der Waals surface area contributed by atoms with E-state index in [4.69, 9.17) is 14.6 Å².